The smallest absolute Gasteiger partial charge is 0.247 e. The van der Waals surface area contributed by atoms with Crippen molar-refractivity contribution in [3.63, 3.8) is 0 Å². The molecule has 0 saturated heterocycles. The maximum Gasteiger partial charge on any atom is 0.247 e. The normalized spacial score (nSPS) is 11.2. The van der Waals surface area contributed by atoms with Crippen molar-refractivity contribution in [3.05, 3.63) is 71.7 Å². The minimum atomic E-state index is -0.271. The topological polar surface area (TPSA) is 76.1 Å². The van der Waals surface area contributed by atoms with E-state index in [9.17, 15) is 4.39 Å². The Labute approximate surface area is 186 Å². The summed E-state index contributed by atoms with van der Waals surface area (Å²) in [6, 6.07) is 14.4. The Kier molecular flexibility index (Phi) is 6.51. The largest absolute Gasteiger partial charge is 0.476 e. The summed E-state index contributed by atoms with van der Waals surface area (Å²) in [5, 5.41) is 3.15. The summed E-state index contributed by atoms with van der Waals surface area (Å²) in [7, 11) is 4.06. The molecule has 4 aromatic rings. The van der Waals surface area contributed by atoms with Crippen molar-refractivity contribution in [3.8, 4) is 17.1 Å². The van der Waals surface area contributed by atoms with E-state index >= 15 is 0 Å². The number of hydrogen-bond acceptors (Lipinski definition) is 7. The molecule has 2 aromatic carbocycles. The molecule has 1 N–H and O–H groups in total. The van der Waals surface area contributed by atoms with Crippen LogP contribution in [0.5, 0.6) is 5.88 Å². The predicted molar refractivity (Wildman–Crippen MR) is 123 cm³/mol. The van der Waals surface area contributed by atoms with Crippen molar-refractivity contribution in [2.24, 2.45) is 0 Å². The zero-order valence-corrected chi connectivity index (χ0v) is 18.3. The molecule has 0 atom stereocenters. The van der Waals surface area contributed by atoms with Crippen molar-refractivity contribution in [2.75, 3.05) is 26.0 Å². The Bertz CT molecular complexity index is 1210. The molecule has 0 aliphatic carbocycles. The maximum absolute atomic E-state index is 13.1. The third-order valence-electron chi connectivity index (χ3n) is 4.80. The van der Waals surface area contributed by atoms with Gasteiger partial charge in [0.05, 0.1) is 18.5 Å². The molecule has 164 valence electrons. The van der Waals surface area contributed by atoms with Crippen LogP contribution in [0.1, 0.15) is 18.1 Å². The van der Waals surface area contributed by atoms with Gasteiger partial charge in [-0.3, -0.25) is 0 Å². The van der Waals surface area contributed by atoms with E-state index in [1.807, 2.05) is 39.2 Å². The average molecular weight is 433 g/mol. The first-order valence-corrected chi connectivity index (χ1v) is 10.4. The summed E-state index contributed by atoms with van der Waals surface area (Å²) in [5.41, 5.74) is 4.77. The fraction of sp³-hybridized carbons (Fsp3) is 0.250. The second kappa shape index (κ2) is 9.65. The molecule has 8 heteroatoms. The standard InChI is InChI=1S/C24H25FN6O/c1-4-32-23-21-22(29-24(30-23)27-13-16-9-11-18(25)12-10-16)26-14-20(28-21)19-8-6-5-7-17(19)15-31(2)3/h5-12,14H,4,13,15H2,1-3H3,(H,26,27,29,30). The van der Waals surface area contributed by atoms with E-state index in [1.54, 1.807) is 18.3 Å². The number of ether oxygens (including phenoxy) is 1. The Hall–Kier alpha value is -3.65. The average Bonchev–Trinajstić information content (AvgIpc) is 2.79. The van der Waals surface area contributed by atoms with Crippen LogP contribution in [-0.4, -0.2) is 45.5 Å². The second-order valence-corrected chi connectivity index (χ2v) is 7.59. The highest BCUT2D eigenvalue weighted by molar-refractivity contribution is 5.80. The molecule has 2 aromatic heterocycles. The summed E-state index contributed by atoms with van der Waals surface area (Å²) in [5.74, 6) is 0.478. The lowest BCUT2D eigenvalue weighted by Crippen LogP contribution is -2.11. The van der Waals surface area contributed by atoms with E-state index in [2.05, 4.69) is 31.2 Å². The van der Waals surface area contributed by atoms with Crippen LogP contribution in [0.4, 0.5) is 10.3 Å². The minimum Gasteiger partial charge on any atom is -0.476 e. The molecule has 0 aliphatic rings. The Morgan fingerprint density at radius 1 is 1.00 bits per heavy atom. The first-order chi connectivity index (χ1) is 15.5. The van der Waals surface area contributed by atoms with Gasteiger partial charge >= 0.3 is 0 Å². The van der Waals surface area contributed by atoms with Crippen LogP contribution in [0.2, 0.25) is 0 Å². The molecule has 0 unspecified atom stereocenters. The van der Waals surface area contributed by atoms with Crippen molar-refractivity contribution < 1.29 is 9.13 Å². The van der Waals surface area contributed by atoms with Crippen LogP contribution in [0, 0.1) is 5.82 Å². The van der Waals surface area contributed by atoms with Gasteiger partial charge in [0.15, 0.2) is 11.2 Å². The summed E-state index contributed by atoms with van der Waals surface area (Å²) < 4.78 is 18.9. The van der Waals surface area contributed by atoms with Crippen molar-refractivity contribution in [1.82, 2.24) is 24.8 Å². The van der Waals surface area contributed by atoms with Crippen LogP contribution in [0.15, 0.2) is 54.7 Å². The number of rotatable bonds is 8. The van der Waals surface area contributed by atoms with Gasteiger partial charge < -0.3 is 15.0 Å². The third-order valence-corrected chi connectivity index (χ3v) is 4.80. The van der Waals surface area contributed by atoms with Gasteiger partial charge in [-0.25, -0.2) is 14.4 Å². The molecule has 2 heterocycles. The van der Waals surface area contributed by atoms with Crippen LogP contribution in [0.3, 0.4) is 0 Å². The monoisotopic (exact) mass is 432 g/mol. The van der Waals surface area contributed by atoms with Crippen molar-refractivity contribution in [1.29, 1.82) is 0 Å². The fourth-order valence-corrected chi connectivity index (χ4v) is 3.36. The third kappa shape index (κ3) is 4.97. The molecule has 0 spiro atoms. The van der Waals surface area contributed by atoms with E-state index in [1.165, 1.54) is 12.1 Å². The van der Waals surface area contributed by atoms with Gasteiger partial charge in [-0.2, -0.15) is 9.97 Å². The molecule has 4 rings (SSSR count). The number of fused-ring (bicyclic) bond motifs is 1. The number of anilines is 1. The quantitative estimate of drug-likeness (QED) is 0.445. The van der Waals surface area contributed by atoms with E-state index in [4.69, 9.17) is 9.72 Å². The summed E-state index contributed by atoms with van der Waals surface area (Å²) in [4.78, 5) is 20.5. The Morgan fingerprint density at radius 3 is 2.53 bits per heavy atom. The predicted octanol–water partition coefficient (Wildman–Crippen LogP) is 4.30. The van der Waals surface area contributed by atoms with Gasteiger partial charge in [-0.1, -0.05) is 36.4 Å². The first-order valence-electron chi connectivity index (χ1n) is 10.4. The van der Waals surface area contributed by atoms with Crippen molar-refractivity contribution >= 4 is 17.1 Å². The van der Waals surface area contributed by atoms with E-state index in [0.29, 0.717) is 36.1 Å². The molecule has 0 fully saturated rings. The lowest BCUT2D eigenvalue weighted by Gasteiger charge is -2.14. The molecular formula is C24H25FN6O. The highest BCUT2D eigenvalue weighted by Crippen LogP contribution is 2.27. The highest BCUT2D eigenvalue weighted by Gasteiger charge is 2.15. The number of hydrogen-bond donors (Lipinski definition) is 1. The molecular weight excluding hydrogens is 407 g/mol. The summed E-state index contributed by atoms with van der Waals surface area (Å²) in [6.07, 6.45) is 1.73. The van der Waals surface area contributed by atoms with Gasteiger partial charge in [0.2, 0.25) is 11.8 Å². The number of nitrogens with zero attached hydrogens (tertiary/aromatic N) is 5. The lowest BCUT2D eigenvalue weighted by molar-refractivity contribution is 0.330. The van der Waals surface area contributed by atoms with E-state index < -0.39 is 0 Å². The highest BCUT2D eigenvalue weighted by atomic mass is 19.1. The van der Waals surface area contributed by atoms with E-state index in [-0.39, 0.29) is 5.82 Å². The van der Waals surface area contributed by atoms with Crippen LogP contribution in [-0.2, 0) is 13.1 Å². The number of aromatic nitrogens is 4. The molecule has 0 amide bonds. The summed E-state index contributed by atoms with van der Waals surface area (Å²) >= 11 is 0. The number of nitrogens with one attached hydrogen (secondary N) is 1. The van der Waals surface area contributed by atoms with Gasteiger partial charge in [0.25, 0.3) is 0 Å². The second-order valence-electron chi connectivity index (χ2n) is 7.59. The molecule has 0 bridgehead atoms. The number of benzene rings is 2. The van der Waals surface area contributed by atoms with Crippen LogP contribution >= 0.6 is 0 Å². The molecule has 32 heavy (non-hydrogen) atoms. The fourth-order valence-electron chi connectivity index (χ4n) is 3.36. The lowest BCUT2D eigenvalue weighted by atomic mass is 10.0. The zero-order chi connectivity index (χ0) is 22.5. The molecule has 0 radical (unpaired) electrons. The molecule has 7 nitrogen and oxygen atoms in total. The van der Waals surface area contributed by atoms with Gasteiger partial charge in [-0.15, -0.1) is 0 Å². The number of halogens is 1. The maximum atomic E-state index is 13.1. The first kappa shape index (κ1) is 21.6. The minimum absolute atomic E-state index is 0.271. The zero-order valence-electron chi connectivity index (χ0n) is 18.3. The van der Waals surface area contributed by atoms with Crippen molar-refractivity contribution in [2.45, 2.75) is 20.0 Å². The Balaban J connectivity index is 1.68. The molecule has 0 aliphatic heterocycles. The van der Waals surface area contributed by atoms with E-state index in [0.717, 1.165) is 28.9 Å². The summed E-state index contributed by atoms with van der Waals surface area (Å²) in [6.45, 7) is 3.56. The van der Waals surface area contributed by atoms with Crippen LogP contribution < -0.4 is 10.1 Å². The van der Waals surface area contributed by atoms with Gasteiger partial charge in [0.1, 0.15) is 5.82 Å². The Morgan fingerprint density at radius 2 is 1.78 bits per heavy atom. The van der Waals surface area contributed by atoms with Gasteiger partial charge in [0, 0.05) is 18.7 Å². The molecule has 0 saturated carbocycles. The van der Waals surface area contributed by atoms with Gasteiger partial charge in [-0.05, 0) is 44.3 Å². The SMILES string of the molecule is CCOc1nc(NCc2ccc(F)cc2)nc2ncc(-c3ccccc3CN(C)C)nc12. The van der Waals surface area contributed by atoms with Crippen LogP contribution in [0.25, 0.3) is 22.4 Å².